The van der Waals surface area contributed by atoms with E-state index in [-0.39, 0.29) is 0 Å². The lowest BCUT2D eigenvalue weighted by Crippen LogP contribution is -2.14. The highest BCUT2D eigenvalue weighted by Crippen LogP contribution is 2.49. The number of halogens is 1. The molecule has 0 aliphatic carbocycles. The Morgan fingerprint density at radius 3 is 1.88 bits per heavy atom. The molecule has 0 radical (unpaired) electrons. The van der Waals surface area contributed by atoms with Crippen LogP contribution in [0.3, 0.4) is 0 Å². The minimum absolute atomic E-state index is 0.649. The lowest BCUT2D eigenvalue weighted by Gasteiger charge is -2.21. The van der Waals surface area contributed by atoms with Crippen LogP contribution in [0.4, 0.5) is 0 Å². The Balaban J connectivity index is 2.07. The van der Waals surface area contributed by atoms with Crippen LogP contribution in [0.1, 0.15) is 58.9 Å². The molecule has 1 N–H and O–H groups in total. The monoisotopic (exact) mass is 506 g/mol. The standard InChI is InChI=1S/C29H31BrO3/c1-5-7-17-32-27-22-10-9-19(15-16-29(3,4)31)20-11-12-21-24(30)14-13-23(26(21)25(20)22)28(27)33-18-8-6-2/h9-14,31H,5-8,17-18H2,1-4H3. The molecule has 0 unspecified atom stereocenters. The average Bonchev–Trinajstić information content (AvgIpc) is 2.78. The summed E-state index contributed by atoms with van der Waals surface area (Å²) < 4.78 is 13.8. The molecule has 4 aromatic carbocycles. The van der Waals surface area contributed by atoms with Gasteiger partial charge in [-0.15, -0.1) is 0 Å². The van der Waals surface area contributed by atoms with Crippen molar-refractivity contribution in [2.24, 2.45) is 0 Å². The summed E-state index contributed by atoms with van der Waals surface area (Å²) in [6.45, 7) is 9.04. The van der Waals surface area contributed by atoms with Crippen LogP contribution in [0.25, 0.3) is 32.3 Å². The van der Waals surface area contributed by atoms with Crippen LogP contribution in [0.2, 0.25) is 0 Å². The smallest absolute Gasteiger partial charge is 0.169 e. The molecule has 33 heavy (non-hydrogen) atoms. The van der Waals surface area contributed by atoms with Crippen molar-refractivity contribution in [3.63, 3.8) is 0 Å². The Bertz CT molecular complexity index is 1340. The Morgan fingerprint density at radius 2 is 1.30 bits per heavy atom. The fraction of sp³-hybridized carbons (Fsp3) is 0.379. The lowest BCUT2D eigenvalue weighted by molar-refractivity contribution is 0.143. The van der Waals surface area contributed by atoms with Gasteiger partial charge in [-0.25, -0.2) is 0 Å². The van der Waals surface area contributed by atoms with Crippen LogP contribution >= 0.6 is 15.9 Å². The molecule has 0 atom stereocenters. The third-order valence-electron chi connectivity index (χ3n) is 5.79. The normalized spacial score (nSPS) is 11.8. The van der Waals surface area contributed by atoms with Crippen molar-refractivity contribution in [2.45, 2.75) is 59.0 Å². The summed E-state index contributed by atoms with van der Waals surface area (Å²) >= 11 is 3.74. The van der Waals surface area contributed by atoms with E-state index in [9.17, 15) is 5.11 Å². The van der Waals surface area contributed by atoms with Gasteiger partial charge in [0.15, 0.2) is 11.5 Å². The molecule has 0 saturated heterocycles. The SMILES string of the molecule is CCCCOc1c(OCCCC)c2ccc(C#CC(C)(C)O)c3ccc4c(Br)ccc1c4c32. The molecule has 4 rings (SSSR count). The maximum Gasteiger partial charge on any atom is 0.169 e. The zero-order chi connectivity index (χ0) is 23.6. The first-order chi connectivity index (χ1) is 15.9. The second-order valence-corrected chi connectivity index (χ2v) is 9.89. The molecule has 172 valence electrons. The summed E-state index contributed by atoms with van der Waals surface area (Å²) in [4.78, 5) is 0. The van der Waals surface area contributed by atoms with Gasteiger partial charge in [0.05, 0.1) is 13.2 Å². The zero-order valence-electron chi connectivity index (χ0n) is 19.8. The highest BCUT2D eigenvalue weighted by atomic mass is 79.9. The molecule has 4 aromatic rings. The van der Waals surface area contributed by atoms with Crippen molar-refractivity contribution < 1.29 is 14.6 Å². The lowest BCUT2D eigenvalue weighted by atomic mass is 9.90. The molecular formula is C29H31BrO3. The van der Waals surface area contributed by atoms with E-state index in [0.717, 1.165) is 79.5 Å². The van der Waals surface area contributed by atoms with Crippen LogP contribution in [-0.4, -0.2) is 23.9 Å². The van der Waals surface area contributed by atoms with Crippen LogP contribution in [-0.2, 0) is 0 Å². The molecule has 0 heterocycles. The van der Waals surface area contributed by atoms with Crippen molar-refractivity contribution in [1.82, 2.24) is 0 Å². The molecule has 0 aromatic heterocycles. The quantitative estimate of drug-likeness (QED) is 0.150. The van der Waals surface area contributed by atoms with E-state index in [1.807, 2.05) is 6.07 Å². The molecule has 0 aliphatic heterocycles. The highest BCUT2D eigenvalue weighted by molar-refractivity contribution is 9.10. The van der Waals surface area contributed by atoms with Crippen molar-refractivity contribution in [3.8, 4) is 23.3 Å². The number of ether oxygens (including phenoxy) is 2. The molecule has 0 bridgehead atoms. The van der Waals surface area contributed by atoms with Crippen molar-refractivity contribution in [2.75, 3.05) is 13.2 Å². The molecular weight excluding hydrogens is 476 g/mol. The van der Waals surface area contributed by atoms with Crippen LogP contribution < -0.4 is 9.47 Å². The van der Waals surface area contributed by atoms with Gasteiger partial charge < -0.3 is 14.6 Å². The van der Waals surface area contributed by atoms with Gasteiger partial charge in [0.1, 0.15) is 5.60 Å². The molecule has 0 saturated carbocycles. The summed E-state index contributed by atoms with van der Waals surface area (Å²) in [7, 11) is 0. The van der Waals surface area contributed by atoms with Gasteiger partial charge in [0.2, 0.25) is 0 Å². The van der Waals surface area contributed by atoms with Gasteiger partial charge in [0, 0.05) is 31.6 Å². The molecule has 0 amide bonds. The molecule has 4 heteroatoms. The number of benzene rings is 4. The van der Waals surface area contributed by atoms with E-state index >= 15 is 0 Å². The minimum Gasteiger partial charge on any atom is -0.489 e. The summed E-state index contributed by atoms with van der Waals surface area (Å²) in [5.41, 5.74) is -0.159. The second kappa shape index (κ2) is 9.79. The Labute approximate surface area is 204 Å². The molecule has 0 spiro atoms. The fourth-order valence-corrected chi connectivity index (χ4v) is 4.59. The van der Waals surface area contributed by atoms with E-state index in [4.69, 9.17) is 9.47 Å². The van der Waals surface area contributed by atoms with Crippen molar-refractivity contribution in [3.05, 3.63) is 46.4 Å². The Kier molecular flexibility index (Phi) is 7.02. The first-order valence-corrected chi connectivity index (χ1v) is 12.6. The third-order valence-corrected chi connectivity index (χ3v) is 6.48. The van der Waals surface area contributed by atoms with Gasteiger partial charge >= 0.3 is 0 Å². The average molecular weight is 507 g/mol. The van der Waals surface area contributed by atoms with Gasteiger partial charge in [-0.3, -0.25) is 0 Å². The summed E-state index contributed by atoms with van der Waals surface area (Å²) in [5.74, 6) is 7.80. The fourth-order valence-electron chi connectivity index (χ4n) is 4.13. The van der Waals surface area contributed by atoms with Crippen LogP contribution in [0.5, 0.6) is 11.5 Å². The summed E-state index contributed by atoms with van der Waals surface area (Å²) in [6.07, 6.45) is 4.12. The second-order valence-electron chi connectivity index (χ2n) is 9.04. The van der Waals surface area contributed by atoms with Crippen LogP contribution in [0, 0.1) is 11.8 Å². The van der Waals surface area contributed by atoms with Gasteiger partial charge in [-0.1, -0.05) is 66.6 Å². The third kappa shape index (κ3) is 4.76. The van der Waals surface area contributed by atoms with E-state index in [1.54, 1.807) is 13.8 Å². The molecule has 0 fully saturated rings. The number of rotatable bonds is 8. The van der Waals surface area contributed by atoms with Gasteiger partial charge in [-0.05, 0) is 61.7 Å². The Morgan fingerprint density at radius 1 is 0.788 bits per heavy atom. The Hall–Kier alpha value is -2.48. The summed E-state index contributed by atoms with van der Waals surface area (Å²) in [5, 5.41) is 16.7. The predicted molar refractivity (Wildman–Crippen MR) is 142 cm³/mol. The van der Waals surface area contributed by atoms with Crippen LogP contribution in [0.15, 0.2) is 40.9 Å². The number of unbranched alkanes of at least 4 members (excludes halogenated alkanes) is 2. The zero-order valence-corrected chi connectivity index (χ0v) is 21.4. The largest absolute Gasteiger partial charge is 0.489 e. The van der Waals surface area contributed by atoms with Gasteiger partial charge in [-0.2, -0.15) is 0 Å². The van der Waals surface area contributed by atoms with Crippen molar-refractivity contribution >= 4 is 48.2 Å². The summed E-state index contributed by atoms with van der Waals surface area (Å²) in [6, 6.07) is 12.6. The van der Waals surface area contributed by atoms with E-state index < -0.39 is 5.60 Å². The van der Waals surface area contributed by atoms with Crippen molar-refractivity contribution in [1.29, 1.82) is 0 Å². The highest BCUT2D eigenvalue weighted by Gasteiger charge is 2.22. The maximum atomic E-state index is 10.1. The number of aliphatic hydroxyl groups is 1. The molecule has 3 nitrogen and oxygen atoms in total. The molecule has 0 aliphatic rings. The maximum absolute atomic E-state index is 10.1. The number of hydrogen-bond acceptors (Lipinski definition) is 3. The van der Waals surface area contributed by atoms with E-state index in [0.29, 0.717) is 13.2 Å². The number of hydrogen-bond donors (Lipinski definition) is 1. The topological polar surface area (TPSA) is 38.7 Å². The van der Waals surface area contributed by atoms with Gasteiger partial charge in [0.25, 0.3) is 0 Å². The van der Waals surface area contributed by atoms with E-state index in [2.05, 4.69) is 72.0 Å². The first-order valence-electron chi connectivity index (χ1n) is 11.8. The minimum atomic E-state index is -1.05. The first kappa shape index (κ1) is 23.7. The van der Waals surface area contributed by atoms with E-state index in [1.165, 1.54) is 0 Å². The predicted octanol–water partition coefficient (Wildman–Crippen LogP) is 7.83.